The molecule has 0 saturated heterocycles. The van der Waals surface area contributed by atoms with Crippen LogP contribution in [0.25, 0.3) is 0 Å². The van der Waals surface area contributed by atoms with Crippen LogP contribution in [0.4, 0.5) is 21.8 Å². The minimum atomic E-state index is -3.79. The van der Waals surface area contributed by atoms with E-state index in [2.05, 4.69) is 20.6 Å². The molecule has 0 atom stereocenters. The maximum atomic E-state index is 14.3. The first-order valence-corrected chi connectivity index (χ1v) is 12.2. The van der Waals surface area contributed by atoms with Gasteiger partial charge in [0.15, 0.2) is 11.6 Å². The van der Waals surface area contributed by atoms with Crippen molar-refractivity contribution >= 4 is 37.5 Å². The van der Waals surface area contributed by atoms with Crippen LogP contribution >= 0.6 is 0 Å². The molecule has 2 aromatic rings. The monoisotopic (exact) mass is 480 g/mol. The molecule has 0 saturated carbocycles. The molecular weight excluding hydrogens is 459 g/mol. The normalized spacial score (nSPS) is 15.7. The van der Waals surface area contributed by atoms with E-state index in [-0.39, 0.29) is 23.1 Å². The molecule has 0 aliphatic heterocycles. The van der Waals surface area contributed by atoms with E-state index < -0.39 is 25.9 Å². The Balaban J connectivity index is 1.81. The van der Waals surface area contributed by atoms with Crippen LogP contribution in [0.15, 0.2) is 70.3 Å². The van der Waals surface area contributed by atoms with Crippen LogP contribution in [0.5, 0.6) is 0 Å². The molecule has 32 heavy (non-hydrogen) atoms. The minimum Gasteiger partial charge on any atom is -0.338 e. The van der Waals surface area contributed by atoms with Crippen molar-refractivity contribution in [2.24, 2.45) is 5.14 Å². The maximum Gasteiger partial charge on any atom is 0.242 e. The number of nitrogens with one attached hydrogen (secondary N) is 2. The predicted molar refractivity (Wildman–Crippen MR) is 119 cm³/mol. The summed E-state index contributed by atoms with van der Waals surface area (Å²) in [6.07, 6.45) is 6.10. The average molecular weight is 481 g/mol. The number of nitrogens with zero attached hydrogens (tertiary/aromatic N) is 3. The number of primary sulfonamides is 1. The summed E-state index contributed by atoms with van der Waals surface area (Å²) in [4.78, 5) is 8.02. The quantitative estimate of drug-likeness (QED) is 0.545. The smallest absolute Gasteiger partial charge is 0.242 e. The molecule has 3 rings (SSSR count). The van der Waals surface area contributed by atoms with E-state index in [4.69, 9.17) is 5.14 Å². The van der Waals surface area contributed by atoms with Crippen LogP contribution in [0.3, 0.4) is 0 Å². The Morgan fingerprint density at radius 2 is 1.94 bits per heavy atom. The lowest BCUT2D eigenvalue weighted by Gasteiger charge is -2.15. The standard InChI is InChI=1S/C19H21FN6O4S2/c1-26(2)32(29,30)16-8-4-7-15(10-16)23-18-17(20)11-22-19(25-18)24-14-6-3-5-13(9-14)12-31(21,27)28/h3-8,10-12H,9H2,1-2H3,(H2,21,27,28)(H2,22,23,24,25)/b13-12+. The third-order valence-electron chi connectivity index (χ3n) is 4.21. The number of aromatic nitrogens is 2. The Morgan fingerprint density at radius 3 is 2.62 bits per heavy atom. The highest BCUT2D eigenvalue weighted by Gasteiger charge is 2.18. The van der Waals surface area contributed by atoms with Crippen molar-refractivity contribution in [2.45, 2.75) is 11.3 Å². The van der Waals surface area contributed by atoms with Gasteiger partial charge in [-0.15, -0.1) is 0 Å². The van der Waals surface area contributed by atoms with Crippen LogP contribution in [0, 0.1) is 5.82 Å². The van der Waals surface area contributed by atoms with Gasteiger partial charge in [0.25, 0.3) is 0 Å². The van der Waals surface area contributed by atoms with Crippen molar-refractivity contribution in [3.05, 3.63) is 71.2 Å². The van der Waals surface area contributed by atoms with Gasteiger partial charge in [-0.2, -0.15) is 4.98 Å². The lowest BCUT2D eigenvalue weighted by molar-refractivity contribution is 0.521. The van der Waals surface area contributed by atoms with Crippen molar-refractivity contribution in [3.8, 4) is 0 Å². The van der Waals surface area contributed by atoms with Gasteiger partial charge in [0.05, 0.1) is 11.1 Å². The van der Waals surface area contributed by atoms with E-state index in [1.54, 1.807) is 24.3 Å². The molecule has 0 bridgehead atoms. The minimum absolute atomic E-state index is 0.0358. The van der Waals surface area contributed by atoms with Crippen LogP contribution in [-0.2, 0) is 20.0 Å². The molecule has 1 aromatic heterocycles. The zero-order valence-corrected chi connectivity index (χ0v) is 18.8. The molecule has 1 aliphatic rings. The number of hydrogen-bond donors (Lipinski definition) is 3. The van der Waals surface area contributed by atoms with Crippen LogP contribution in [-0.4, -0.2) is 45.2 Å². The highest BCUT2D eigenvalue weighted by molar-refractivity contribution is 7.92. The lowest BCUT2D eigenvalue weighted by atomic mass is 10.1. The Morgan fingerprint density at radius 1 is 1.19 bits per heavy atom. The first-order chi connectivity index (χ1) is 14.9. The average Bonchev–Trinajstić information content (AvgIpc) is 2.69. The number of rotatable bonds is 7. The summed E-state index contributed by atoms with van der Waals surface area (Å²) in [6, 6.07) is 5.89. The zero-order chi connectivity index (χ0) is 23.5. The maximum absolute atomic E-state index is 14.3. The highest BCUT2D eigenvalue weighted by atomic mass is 32.2. The van der Waals surface area contributed by atoms with Gasteiger partial charge in [-0.05, 0) is 29.8 Å². The number of hydrogen-bond acceptors (Lipinski definition) is 8. The van der Waals surface area contributed by atoms with Gasteiger partial charge in [-0.1, -0.05) is 18.2 Å². The van der Waals surface area contributed by atoms with Crippen molar-refractivity contribution in [1.82, 2.24) is 14.3 Å². The van der Waals surface area contributed by atoms with Gasteiger partial charge in [-0.3, -0.25) is 0 Å². The summed E-state index contributed by atoms with van der Waals surface area (Å²) in [5, 5.41) is 11.6. The second kappa shape index (κ2) is 9.16. The number of halogens is 1. The van der Waals surface area contributed by atoms with Crippen LogP contribution in [0.1, 0.15) is 6.42 Å². The fourth-order valence-corrected chi connectivity index (χ4v) is 4.28. The third-order valence-corrected chi connectivity index (χ3v) is 6.65. The van der Waals surface area contributed by atoms with E-state index in [9.17, 15) is 21.2 Å². The molecule has 170 valence electrons. The largest absolute Gasteiger partial charge is 0.338 e. The summed E-state index contributed by atoms with van der Waals surface area (Å²) in [7, 11) is -4.63. The molecule has 1 aromatic carbocycles. The second-order valence-electron chi connectivity index (χ2n) is 6.97. The number of nitrogens with two attached hydrogens (primary N) is 1. The van der Waals surface area contributed by atoms with Crippen molar-refractivity contribution in [3.63, 3.8) is 0 Å². The van der Waals surface area contributed by atoms with Crippen molar-refractivity contribution in [2.75, 3.05) is 24.7 Å². The molecule has 0 unspecified atom stereocenters. The fourth-order valence-electron chi connectivity index (χ4n) is 2.74. The Kier molecular flexibility index (Phi) is 6.74. The fraction of sp³-hybridized carbons (Fsp3) is 0.158. The SMILES string of the molecule is CN(C)S(=O)(=O)c1cccc(Nc2nc(NC3=CC=C/C(=C\S(N)(=O)=O)C3)ncc2F)c1. The third kappa shape index (κ3) is 5.97. The molecule has 0 spiro atoms. The molecule has 1 aliphatic carbocycles. The van der Waals surface area contributed by atoms with Crippen molar-refractivity contribution in [1.29, 1.82) is 0 Å². The molecule has 13 heteroatoms. The van der Waals surface area contributed by atoms with E-state index in [0.29, 0.717) is 17.0 Å². The zero-order valence-electron chi connectivity index (χ0n) is 17.1. The predicted octanol–water partition coefficient (Wildman–Crippen LogP) is 2.04. The van der Waals surface area contributed by atoms with E-state index >= 15 is 0 Å². The van der Waals surface area contributed by atoms with Crippen molar-refractivity contribution < 1.29 is 21.2 Å². The van der Waals surface area contributed by atoms with E-state index in [1.165, 1.54) is 32.3 Å². The molecule has 10 nitrogen and oxygen atoms in total. The Hall–Kier alpha value is -3.13. The Labute approximate surface area is 185 Å². The molecule has 1 heterocycles. The summed E-state index contributed by atoms with van der Waals surface area (Å²) in [5.41, 5.74) is 1.34. The van der Waals surface area contributed by atoms with E-state index in [1.807, 2.05) is 0 Å². The van der Waals surface area contributed by atoms with Gasteiger partial charge in [-0.25, -0.2) is 35.7 Å². The molecule has 4 N–H and O–H groups in total. The lowest BCUT2D eigenvalue weighted by Crippen LogP contribution is -2.22. The number of benzene rings is 1. The number of anilines is 3. The van der Waals surface area contributed by atoms with Gasteiger partial charge >= 0.3 is 0 Å². The van der Waals surface area contributed by atoms with Gasteiger partial charge in [0, 0.05) is 37.3 Å². The second-order valence-corrected chi connectivity index (χ2v) is 10.5. The topological polar surface area (TPSA) is 147 Å². The summed E-state index contributed by atoms with van der Waals surface area (Å²) < 4.78 is 62.5. The summed E-state index contributed by atoms with van der Waals surface area (Å²) >= 11 is 0. The number of allylic oxidation sites excluding steroid dienone is 4. The van der Waals surface area contributed by atoms with Gasteiger partial charge in [0.2, 0.25) is 26.0 Å². The Bertz CT molecular complexity index is 1340. The summed E-state index contributed by atoms with van der Waals surface area (Å²) in [5.74, 6) is -0.861. The molecule has 0 amide bonds. The number of sulfonamides is 2. The summed E-state index contributed by atoms with van der Waals surface area (Å²) in [6.45, 7) is 0. The van der Waals surface area contributed by atoms with Gasteiger partial charge in [0.1, 0.15) is 0 Å². The van der Waals surface area contributed by atoms with Gasteiger partial charge < -0.3 is 10.6 Å². The first-order valence-electron chi connectivity index (χ1n) is 9.14. The molecular formula is C19H21FN6O4S2. The molecule has 0 radical (unpaired) electrons. The first kappa shape index (κ1) is 23.5. The van der Waals surface area contributed by atoms with Crippen LogP contribution < -0.4 is 15.8 Å². The van der Waals surface area contributed by atoms with Crippen LogP contribution in [0.2, 0.25) is 0 Å². The van der Waals surface area contributed by atoms with E-state index in [0.717, 1.165) is 15.9 Å². The molecule has 0 fully saturated rings. The highest BCUT2D eigenvalue weighted by Crippen LogP contribution is 2.24.